The first-order valence-electron chi connectivity index (χ1n) is 7.43. The molecule has 1 N–H and O–H groups in total. The molecule has 0 spiro atoms. The minimum atomic E-state index is -3.22. The van der Waals surface area contributed by atoms with Gasteiger partial charge in [0.25, 0.3) is 0 Å². The fourth-order valence-corrected chi connectivity index (χ4v) is 2.82. The molecular formula is C17H22N2O2S. The first-order valence-corrected chi connectivity index (χ1v) is 9.08. The van der Waals surface area contributed by atoms with Gasteiger partial charge in [-0.15, -0.1) is 0 Å². The molecule has 2 aromatic rings. The lowest BCUT2D eigenvalue weighted by Gasteiger charge is -2.23. The van der Waals surface area contributed by atoms with E-state index in [1.807, 2.05) is 30.3 Å². The van der Waals surface area contributed by atoms with E-state index >= 15 is 0 Å². The third kappa shape index (κ3) is 4.49. The van der Waals surface area contributed by atoms with E-state index in [2.05, 4.69) is 28.7 Å². The predicted molar refractivity (Wildman–Crippen MR) is 92.7 cm³/mol. The van der Waals surface area contributed by atoms with Gasteiger partial charge in [-0.1, -0.05) is 30.3 Å². The SMILES string of the molecule is CCN(Cc1ccccc1)c1ccc(NS(=O)(=O)CC)cc1. The molecule has 0 saturated carbocycles. The molecule has 5 heteroatoms. The molecule has 0 aliphatic carbocycles. The van der Waals surface area contributed by atoms with E-state index in [1.54, 1.807) is 19.1 Å². The van der Waals surface area contributed by atoms with Gasteiger partial charge in [0.2, 0.25) is 10.0 Å². The first-order chi connectivity index (χ1) is 10.5. The number of nitrogens with one attached hydrogen (secondary N) is 1. The van der Waals surface area contributed by atoms with Gasteiger partial charge >= 0.3 is 0 Å². The van der Waals surface area contributed by atoms with Crippen LogP contribution in [-0.4, -0.2) is 20.7 Å². The van der Waals surface area contributed by atoms with Crippen LogP contribution in [-0.2, 0) is 16.6 Å². The van der Waals surface area contributed by atoms with Crippen molar-refractivity contribution in [3.05, 3.63) is 60.2 Å². The van der Waals surface area contributed by atoms with Crippen molar-refractivity contribution >= 4 is 21.4 Å². The summed E-state index contributed by atoms with van der Waals surface area (Å²) < 4.78 is 25.7. The Morgan fingerprint density at radius 2 is 1.59 bits per heavy atom. The maximum Gasteiger partial charge on any atom is 0.232 e. The van der Waals surface area contributed by atoms with Gasteiger partial charge in [-0.2, -0.15) is 0 Å². The van der Waals surface area contributed by atoms with Crippen LogP contribution in [0, 0.1) is 0 Å². The number of rotatable bonds is 7. The van der Waals surface area contributed by atoms with Gasteiger partial charge in [0, 0.05) is 24.5 Å². The minimum absolute atomic E-state index is 0.0733. The fraction of sp³-hybridized carbons (Fsp3) is 0.294. The highest BCUT2D eigenvalue weighted by Crippen LogP contribution is 2.20. The maximum atomic E-state index is 11.6. The molecule has 0 bridgehead atoms. The number of hydrogen-bond donors (Lipinski definition) is 1. The molecule has 0 amide bonds. The highest BCUT2D eigenvalue weighted by atomic mass is 32.2. The van der Waals surface area contributed by atoms with E-state index in [1.165, 1.54) is 5.56 Å². The Morgan fingerprint density at radius 3 is 2.14 bits per heavy atom. The molecule has 0 aromatic heterocycles. The lowest BCUT2D eigenvalue weighted by Crippen LogP contribution is -2.22. The molecule has 0 unspecified atom stereocenters. The normalized spacial score (nSPS) is 11.2. The van der Waals surface area contributed by atoms with Crippen LogP contribution < -0.4 is 9.62 Å². The quantitative estimate of drug-likeness (QED) is 0.850. The molecule has 118 valence electrons. The van der Waals surface area contributed by atoms with Crippen LogP contribution in [0.2, 0.25) is 0 Å². The van der Waals surface area contributed by atoms with Crippen molar-refractivity contribution < 1.29 is 8.42 Å². The number of anilines is 2. The second kappa shape index (κ2) is 7.31. The smallest absolute Gasteiger partial charge is 0.232 e. The second-order valence-corrected chi connectivity index (χ2v) is 7.06. The van der Waals surface area contributed by atoms with Crippen molar-refractivity contribution in [3.8, 4) is 0 Å². The van der Waals surface area contributed by atoms with E-state index in [0.717, 1.165) is 18.8 Å². The van der Waals surface area contributed by atoms with Crippen molar-refractivity contribution in [2.45, 2.75) is 20.4 Å². The Kier molecular flexibility index (Phi) is 5.44. The summed E-state index contributed by atoms with van der Waals surface area (Å²) >= 11 is 0. The summed E-state index contributed by atoms with van der Waals surface area (Å²) in [7, 11) is -3.22. The lowest BCUT2D eigenvalue weighted by atomic mass is 10.2. The topological polar surface area (TPSA) is 49.4 Å². The summed E-state index contributed by atoms with van der Waals surface area (Å²) in [6, 6.07) is 17.8. The van der Waals surface area contributed by atoms with Crippen LogP contribution in [0.1, 0.15) is 19.4 Å². The summed E-state index contributed by atoms with van der Waals surface area (Å²) in [4.78, 5) is 2.24. The molecule has 2 rings (SSSR count). The summed E-state index contributed by atoms with van der Waals surface area (Å²) in [5.41, 5.74) is 2.92. The minimum Gasteiger partial charge on any atom is -0.367 e. The average Bonchev–Trinajstić information content (AvgIpc) is 2.54. The van der Waals surface area contributed by atoms with Crippen molar-refractivity contribution in [3.63, 3.8) is 0 Å². The van der Waals surface area contributed by atoms with Crippen molar-refractivity contribution in [2.75, 3.05) is 21.9 Å². The van der Waals surface area contributed by atoms with Crippen molar-refractivity contribution in [1.82, 2.24) is 0 Å². The van der Waals surface area contributed by atoms with Crippen molar-refractivity contribution in [1.29, 1.82) is 0 Å². The number of sulfonamides is 1. The van der Waals surface area contributed by atoms with Crippen LogP contribution >= 0.6 is 0 Å². The number of benzene rings is 2. The van der Waals surface area contributed by atoms with Crippen LogP contribution in [0.3, 0.4) is 0 Å². The van der Waals surface area contributed by atoms with E-state index in [9.17, 15) is 8.42 Å². The Morgan fingerprint density at radius 1 is 0.955 bits per heavy atom. The highest BCUT2D eigenvalue weighted by Gasteiger charge is 2.08. The number of nitrogens with zero attached hydrogens (tertiary/aromatic N) is 1. The Labute approximate surface area is 132 Å². The number of hydrogen-bond acceptors (Lipinski definition) is 3. The van der Waals surface area contributed by atoms with Crippen LogP contribution in [0.15, 0.2) is 54.6 Å². The monoisotopic (exact) mass is 318 g/mol. The summed E-state index contributed by atoms with van der Waals surface area (Å²) in [5.74, 6) is 0.0733. The van der Waals surface area contributed by atoms with Crippen LogP contribution in [0.25, 0.3) is 0 Å². The Balaban J connectivity index is 2.10. The van der Waals surface area contributed by atoms with Gasteiger partial charge in [-0.25, -0.2) is 8.42 Å². The molecule has 0 radical (unpaired) electrons. The van der Waals surface area contributed by atoms with Crippen LogP contribution in [0.5, 0.6) is 0 Å². The van der Waals surface area contributed by atoms with Crippen LogP contribution in [0.4, 0.5) is 11.4 Å². The molecule has 0 saturated heterocycles. The molecule has 22 heavy (non-hydrogen) atoms. The standard InChI is InChI=1S/C17H22N2O2S/c1-3-19(14-15-8-6-5-7-9-15)17-12-10-16(11-13-17)18-22(20,21)4-2/h5-13,18H,3-4,14H2,1-2H3. The van der Waals surface area contributed by atoms with E-state index in [0.29, 0.717) is 5.69 Å². The van der Waals surface area contributed by atoms with E-state index < -0.39 is 10.0 Å². The predicted octanol–water partition coefficient (Wildman–Crippen LogP) is 3.47. The largest absolute Gasteiger partial charge is 0.367 e. The first kappa shape index (κ1) is 16.4. The van der Waals surface area contributed by atoms with Gasteiger partial charge in [0.1, 0.15) is 0 Å². The van der Waals surface area contributed by atoms with Gasteiger partial charge in [-0.05, 0) is 43.7 Å². The zero-order chi connectivity index (χ0) is 16.0. The zero-order valence-corrected chi connectivity index (χ0v) is 13.8. The average molecular weight is 318 g/mol. The third-order valence-corrected chi connectivity index (χ3v) is 4.79. The van der Waals surface area contributed by atoms with Crippen molar-refractivity contribution in [2.24, 2.45) is 0 Å². The highest BCUT2D eigenvalue weighted by molar-refractivity contribution is 7.92. The van der Waals surface area contributed by atoms with Gasteiger partial charge < -0.3 is 4.90 Å². The van der Waals surface area contributed by atoms with Gasteiger partial charge in [0.15, 0.2) is 0 Å². The zero-order valence-electron chi connectivity index (χ0n) is 13.0. The molecule has 2 aromatic carbocycles. The Hall–Kier alpha value is -2.01. The third-order valence-electron chi connectivity index (χ3n) is 3.48. The molecule has 0 heterocycles. The summed E-state index contributed by atoms with van der Waals surface area (Å²) in [6.45, 7) is 5.44. The summed E-state index contributed by atoms with van der Waals surface area (Å²) in [5, 5.41) is 0. The lowest BCUT2D eigenvalue weighted by molar-refractivity contribution is 0.602. The maximum absolute atomic E-state index is 11.6. The molecule has 0 aliphatic rings. The molecule has 0 aliphatic heterocycles. The molecule has 4 nitrogen and oxygen atoms in total. The van der Waals surface area contributed by atoms with Gasteiger partial charge in [0.05, 0.1) is 5.75 Å². The second-order valence-electron chi connectivity index (χ2n) is 5.05. The molecular weight excluding hydrogens is 296 g/mol. The van der Waals surface area contributed by atoms with E-state index in [-0.39, 0.29) is 5.75 Å². The van der Waals surface area contributed by atoms with Gasteiger partial charge in [-0.3, -0.25) is 4.72 Å². The fourth-order valence-electron chi connectivity index (χ4n) is 2.18. The summed E-state index contributed by atoms with van der Waals surface area (Å²) in [6.07, 6.45) is 0. The van der Waals surface area contributed by atoms with E-state index in [4.69, 9.17) is 0 Å². The molecule has 0 fully saturated rings. The molecule has 0 atom stereocenters. The Bertz CT molecular complexity index is 682.